The summed E-state index contributed by atoms with van der Waals surface area (Å²) in [5.41, 5.74) is 5.45. The number of hydrogen-bond acceptors (Lipinski definition) is 1. The highest BCUT2D eigenvalue weighted by Gasteiger charge is 2.30. The van der Waals surface area contributed by atoms with Gasteiger partial charge in [-0.25, -0.2) is 0 Å². The lowest BCUT2D eigenvalue weighted by Crippen LogP contribution is -2.18. The molecule has 0 N–H and O–H groups in total. The molecule has 3 rings (SSSR count). The van der Waals surface area contributed by atoms with Crippen LogP contribution in [0.15, 0.2) is 45.3 Å². The predicted octanol–water partition coefficient (Wildman–Crippen LogP) is 5.26. The molecule has 1 nitrogen and oxygen atoms in total. The van der Waals surface area contributed by atoms with Gasteiger partial charge < -0.3 is 0 Å². The maximum absolute atomic E-state index is 3.57. The van der Waals surface area contributed by atoms with Gasteiger partial charge in [0.2, 0.25) is 0 Å². The third kappa shape index (κ3) is 2.49. The Labute approximate surface area is 136 Å². The van der Waals surface area contributed by atoms with Gasteiger partial charge in [0.05, 0.1) is 6.04 Å². The van der Waals surface area contributed by atoms with Crippen LogP contribution >= 0.6 is 44.3 Å². The average Bonchev–Trinajstić information content (AvgIpc) is 2.60. The molecule has 0 saturated heterocycles. The Morgan fingerprint density at radius 1 is 0.842 bits per heavy atom. The number of rotatable bonds is 1. The Balaban J connectivity index is 0.00000133. The van der Waals surface area contributed by atoms with Crippen LogP contribution in [-0.2, 0) is 0 Å². The van der Waals surface area contributed by atoms with E-state index in [9.17, 15) is 0 Å². The summed E-state index contributed by atoms with van der Waals surface area (Å²) in [5.74, 6) is 0. The molecule has 0 atom stereocenters. The summed E-state index contributed by atoms with van der Waals surface area (Å²) in [4.78, 5) is 2.27. The van der Waals surface area contributed by atoms with Crippen molar-refractivity contribution in [2.75, 3.05) is 14.1 Å². The topological polar surface area (TPSA) is 3.24 Å². The molecule has 0 radical (unpaired) electrons. The summed E-state index contributed by atoms with van der Waals surface area (Å²) >= 11 is 7.15. The van der Waals surface area contributed by atoms with Gasteiger partial charge in [0.1, 0.15) is 0 Å². The summed E-state index contributed by atoms with van der Waals surface area (Å²) < 4.78 is 2.28. The van der Waals surface area contributed by atoms with E-state index in [1.54, 1.807) is 0 Å². The molecule has 1 aliphatic rings. The summed E-state index contributed by atoms with van der Waals surface area (Å²) in [7, 11) is 4.26. The maximum atomic E-state index is 3.57. The zero-order chi connectivity index (χ0) is 12.9. The van der Waals surface area contributed by atoms with Gasteiger partial charge in [-0.3, -0.25) is 4.90 Å². The molecule has 0 amide bonds. The fourth-order valence-corrected chi connectivity index (χ4v) is 3.49. The van der Waals surface area contributed by atoms with E-state index in [1.165, 1.54) is 22.3 Å². The molecule has 0 fully saturated rings. The van der Waals surface area contributed by atoms with E-state index in [1.807, 2.05) is 0 Å². The van der Waals surface area contributed by atoms with Crippen LogP contribution in [0.2, 0.25) is 0 Å². The van der Waals surface area contributed by atoms with Crippen molar-refractivity contribution in [2.24, 2.45) is 0 Å². The smallest absolute Gasteiger partial charge is 0.0609 e. The van der Waals surface area contributed by atoms with Crippen LogP contribution in [-0.4, -0.2) is 19.0 Å². The molecule has 0 heterocycles. The Bertz CT molecular complexity index is 574. The molecular formula is C15H14Br2ClN. The van der Waals surface area contributed by atoms with Crippen molar-refractivity contribution in [3.05, 3.63) is 56.5 Å². The number of hydrogen-bond donors (Lipinski definition) is 0. The second-order valence-electron chi connectivity index (χ2n) is 4.83. The first kappa shape index (κ1) is 15.0. The van der Waals surface area contributed by atoms with Gasteiger partial charge in [0.25, 0.3) is 0 Å². The van der Waals surface area contributed by atoms with Crippen LogP contribution in [0.4, 0.5) is 0 Å². The fourth-order valence-electron chi connectivity index (χ4n) is 2.73. The largest absolute Gasteiger partial charge is 0.299 e. The van der Waals surface area contributed by atoms with E-state index in [-0.39, 0.29) is 12.4 Å². The molecule has 0 bridgehead atoms. The van der Waals surface area contributed by atoms with Gasteiger partial charge in [0, 0.05) is 8.95 Å². The Morgan fingerprint density at radius 2 is 1.26 bits per heavy atom. The summed E-state index contributed by atoms with van der Waals surface area (Å²) in [5, 5.41) is 0. The first-order valence-corrected chi connectivity index (χ1v) is 7.42. The lowest BCUT2D eigenvalue weighted by atomic mass is 10.0. The molecule has 0 aromatic heterocycles. The first-order chi connectivity index (χ1) is 8.58. The maximum Gasteiger partial charge on any atom is 0.0609 e. The van der Waals surface area contributed by atoms with E-state index in [4.69, 9.17) is 0 Å². The molecule has 1 aliphatic carbocycles. The van der Waals surface area contributed by atoms with Crippen molar-refractivity contribution >= 4 is 44.3 Å². The summed E-state index contributed by atoms with van der Waals surface area (Å²) in [6.07, 6.45) is 0. The van der Waals surface area contributed by atoms with Gasteiger partial charge in [-0.05, 0) is 60.6 Å². The molecule has 100 valence electrons. The molecule has 0 unspecified atom stereocenters. The van der Waals surface area contributed by atoms with Crippen molar-refractivity contribution < 1.29 is 0 Å². The van der Waals surface area contributed by atoms with Crippen molar-refractivity contribution in [3.63, 3.8) is 0 Å². The third-order valence-corrected chi connectivity index (χ3v) is 4.41. The standard InChI is InChI=1S/C15H13Br2N.ClH/c1-18(2)15-13-7-9(16)3-5-11(13)12-6-4-10(17)8-14(12)15;/h3-8,15H,1-2H3;1H. The number of benzene rings is 2. The van der Waals surface area contributed by atoms with Crippen molar-refractivity contribution in [1.82, 2.24) is 4.90 Å². The second kappa shape index (κ2) is 5.57. The van der Waals surface area contributed by atoms with Crippen LogP contribution in [0, 0.1) is 0 Å². The van der Waals surface area contributed by atoms with Crippen LogP contribution < -0.4 is 0 Å². The SMILES string of the molecule is CN(C)C1c2cc(Br)ccc2-c2ccc(Br)cc21.Cl. The average molecular weight is 404 g/mol. The molecular weight excluding hydrogens is 389 g/mol. The van der Waals surface area contributed by atoms with Crippen molar-refractivity contribution in [3.8, 4) is 11.1 Å². The monoisotopic (exact) mass is 401 g/mol. The highest BCUT2D eigenvalue weighted by molar-refractivity contribution is 9.10. The number of halogens is 3. The summed E-state index contributed by atoms with van der Waals surface area (Å²) in [6.45, 7) is 0. The first-order valence-electron chi connectivity index (χ1n) is 5.83. The summed E-state index contributed by atoms with van der Waals surface area (Å²) in [6, 6.07) is 13.4. The third-order valence-electron chi connectivity index (χ3n) is 3.42. The minimum atomic E-state index is 0. The van der Waals surface area contributed by atoms with E-state index < -0.39 is 0 Å². The van der Waals surface area contributed by atoms with Gasteiger partial charge in [-0.1, -0.05) is 44.0 Å². The predicted molar refractivity (Wildman–Crippen MR) is 90.1 cm³/mol. The Kier molecular flexibility index (Phi) is 4.41. The van der Waals surface area contributed by atoms with Crippen LogP contribution in [0.3, 0.4) is 0 Å². The van der Waals surface area contributed by atoms with Gasteiger partial charge in [0.15, 0.2) is 0 Å². The van der Waals surface area contributed by atoms with Gasteiger partial charge >= 0.3 is 0 Å². The molecule has 4 heteroatoms. The second-order valence-corrected chi connectivity index (χ2v) is 6.66. The lowest BCUT2D eigenvalue weighted by Gasteiger charge is -2.22. The minimum absolute atomic E-state index is 0. The van der Waals surface area contributed by atoms with E-state index in [2.05, 4.69) is 87.3 Å². The molecule has 0 saturated carbocycles. The molecule has 0 spiro atoms. The molecule has 2 aromatic carbocycles. The van der Waals surface area contributed by atoms with E-state index >= 15 is 0 Å². The van der Waals surface area contributed by atoms with Crippen LogP contribution in [0.25, 0.3) is 11.1 Å². The normalized spacial score (nSPS) is 13.1. The van der Waals surface area contributed by atoms with Crippen LogP contribution in [0.5, 0.6) is 0 Å². The quantitative estimate of drug-likeness (QED) is 0.627. The number of fused-ring (bicyclic) bond motifs is 3. The fraction of sp³-hybridized carbons (Fsp3) is 0.200. The number of nitrogens with zero attached hydrogens (tertiary/aromatic N) is 1. The zero-order valence-corrected chi connectivity index (χ0v) is 14.6. The molecule has 0 aliphatic heterocycles. The van der Waals surface area contributed by atoms with E-state index in [0.717, 1.165) is 8.95 Å². The minimum Gasteiger partial charge on any atom is -0.299 e. The van der Waals surface area contributed by atoms with Crippen molar-refractivity contribution in [1.29, 1.82) is 0 Å². The van der Waals surface area contributed by atoms with Crippen LogP contribution in [0.1, 0.15) is 17.2 Å². The lowest BCUT2D eigenvalue weighted by molar-refractivity contribution is 0.347. The van der Waals surface area contributed by atoms with Crippen molar-refractivity contribution in [2.45, 2.75) is 6.04 Å². The highest BCUT2D eigenvalue weighted by Crippen LogP contribution is 2.47. The highest BCUT2D eigenvalue weighted by atomic mass is 79.9. The van der Waals surface area contributed by atoms with Gasteiger partial charge in [-0.15, -0.1) is 12.4 Å². The zero-order valence-electron chi connectivity index (χ0n) is 10.7. The van der Waals surface area contributed by atoms with E-state index in [0.29, 0.717) is 6.04 Å². The molecule has 19 heavy (non-hydrogen) atoms. The van der Waals surface area contributed by atoms with Gasteiger partial charge in [-0.2, -0.15) is 0 Å². The Hall–Kier alpha value is -0.350. The Morgan fingerprint density at radius 3 is 1.63 bits per heavy atom. The molecule has 2 aromatic rings.